The largest absolute Gasteiger partial charge is 0.509 e. The highest BCUT2D eigenvalue weighted by atomic mass is 16.7. The van der Waals surface area contributed by atoms with Crippen molar-refractivity contribution < 1.29 is 19.0 Å². The van der Waals surface area contributed by atoms with Crippen LogP contribution in [-0.4, -0.2) is 26.5 Å². The predicted octanol–water partition coefficient (Wildman–Crippen LogP) is 2.72. The summed E-state index contributed by atoms with van der Waals surface area (Å²) in [5.41, 5.74) is 0.0392. The van der Waals surface area contributed by atoms with Gasteiger partial charge in [0.15, 0.2) is 5.60 Å². The summed E-state index contributed by atoms with van der Waals surface area (Å²) >= 11 is 0. The summed E-state index contributed by atoms with van der Waals surface area (Å²) < 4.78 is 15.2. The summed E-state index contributed by atoms with van der Waals surface area (Å²) in [4.78, 5) is 11.4. The van der Waals surface area contributed by atoms with E-state index < -0.39 is 11.8 Å². The molecule has 1 rings (SSSR count). The molecule has 0 bridgehead atoms. The zero-order valence-electron chi connectivity index (χ0n) is 10.4. The predicted molar refractivity (Wildman–Crippen MR) is 63.8 cm³/mol. The molecule has 0 aromatic heterocycles. The Morgan fingerprint density at radius 3 is 2.47 bits per heavy atom. The number of methoxy groups -OCH3 is 1. The van der Waals surface area contributed by atoms with Crippen molar-refractivity contribution in [2.24, 2.45) is 0 Å². The molecule has 0 saturated carbocycles. The number of rotatable bonds is 5. The van der Waals surface area contributed by atoms with Crippen molar-refractivity contribution >= 4 is 6.16 Å². The van der Waals surface area contributed by atoms with Gasteiger partial charge in [-0.25, -0.2) is 4.79 Å². The lowest BCUT2D eigenvalue weighted by atomic mass is 9.97. The molecule has 1 aromatic carbocycles. The zero-order valence-corrected chi connectivity index (χ0v) is 10.4. The second-order valence-corrected chi connectivity index (χ2v) is 3.81. The second kappa shape index (κ2) is 6.25. The van der Waals surface area contributed by atoms with Gasteiger partial charge in [-0.15, -0.1) is 0 Å². The van der Waals surface area contributed by atoms with Crippen molar-refractivity contribution in [2.45, 2.75) is 19.4 Å². The van der Waals surface area contributed by atoms with Gasteiger partial charge in [-0.05, 0) is 19.4 Å². The molecule has 0 N–H and O–H groups in total. The van der Waals surface area contributed by atoms with Crippen LogP contribution in [0.3, 0.4) is 0 Å². The molecular weight excluding hydrogens is 220 g/mol. The summed E-state index contributed by atoms with van der Waals surface area (Å²) in [5.74, 6) is 0. The third-order valence-corrected chi connectivity index (χ3v) is 2.37. The standard InChI is InChI=1S/C13H18O4/c1-4-16-12(14)17-13(2,10-15-3)11-8-6-5-7-9-11/h5-9H,4,10H2,1-3H3. The first-order chi connectivity index (χ1) is 8.12. The van der Waals surface area contributed by atoms with Crippen LogP contribution < -0.4 is 0 Å². The molecule has 1 aromatic rings. The van der Waals surface area contributed by atoms with Gasteiger partial charge in [-0.1, -0.05) is 30.3 Å². The molecule has 0 amide bonds. The highest BCUT2D eigenvalue weighted by Gasteiger charge is 2.31. The molecule has 1 unspecified atom stereocenters. The maximum atomic E-state index is 11.4. The van der Waals surface area contributed by atoms with E-state index in [1.54, 1.807) is 21.0 Å². The minimum atomic E-state index is -0.831. The van der Waals surface area contributed by atoms with Gasteiger partial charge >= 0.3 is 6.16 Å². The van der Waals surface area contributed by atoms with Gasteiger partial charge in [-0.3, -0.25) is 0 Å². The molecule has 0 aliphatic carbocycles. The fraction of sp³-hybridized carbons (Fsp3) is 0.462. The van der Waals surface area contributed by atoms with Crippen molar-refractivity contribution in [3.63, 3.8) is 0 Å². The van der Waals surface area contributed by atoms with E-state index in [0.29, 0.717) is 0 Å². The van der Waals surface area contributed by atoms with Crippen molar-refractivity contribution in [2.75, 3.05) is 20.3 Å². The third-order valence-electron chi connectivity index (χ3n) is 2.37. The molecule has 0 aliphatic heterocycles. The van der Waals surface area contributed by atoms with Gasteiger partial charge in [0.25, 0.3) is 0 Å². The van der Waals surface area contributed by atoms with Crippen molar-refractivity contribution in [1.82, 2.24) is 0 Å². The minimum Gasteiger partial charge on any atom is -0.435 e. The molecule has 0 fully saturated rings. The SMILES string of the molecule is CCOC(=O)OC(C)(COC)c1ccccc1. The summed E-state index contributed by atoms with van der Waals surface area (Å²) in [5, 5.41) is 0. The van der Waals surface area contributed by atoms with Gasteiger partial charge in [0.05, 0.1) is 13.2 Å². The molecule has 1 atom stereocenters. The Morgan fingerprint density at radius 2 is 1.94 bits per heavy atom. The summed E-state index contributed by atoms with van der Waals surface area (Å²) in [6, 6.07) is 9.45. The van der Waals surface area contributed by atoms with E-state index >= 15 is 0 Å². The quantitative estimate of drug-likeness (QED) is 0.740. The van der Waals surface area contributed by atoms with Crippen LogP contribution in [0.25, 0.3) is 0 Å². The van der Waals surface area contributed by atoms with Crippen molar-refractivity contribution in [1.29, 1.82) is 0 Å². The van der Waals surface area contributed by atoms with Gasteiger partial charge in [0.1, 0.15) is 0 Å². The van der Waals surface area contributed by atoms with Crippen LogP contribution in [0.1, 0.15) is 19.4 Å². The van der Waals surface area contributed by atoms with E-state index in [1.807, 2.05) is 30.3 Å². The Morgan fingerprint density at radius 1 is 1.29 bits per heavy atom. The first-order valence-electron chi connectivity index (χ1n) is 5.52. The lowest BCUT2D eigenvalue weighted by molar-refractivity contribution is -0.0652. The first-order valence-corrected chi connectivity index (χ1v) is 5.52. The zero-order chi connectivity index (χ0) is 12.7. The van der Waals surface area contributed by atoms with E-state index in [0.717, 1.165) is 5.56 Å². The van der Waals surface area contributed by atoms with Crippen molar-refractivity contribution in [3.05, 3.63) is 35.9 Å². The number of carbonyl (C=O) groups excluding carboxylic acids is 1. The van der Waals surface area contributed by atoms with Gasteiger partial charge in [0, 0.05) is 7.11 Å². The lowest BCUT2D eigenvalue weighted by Crippen LogP contribution is -2.34. The second-order valence-electron chi connectivity index (χ2n) is 3.81. The highest BCUT2D eigenvalue weighted by molar-refractivity contribution is 5.60. The van der Waals surface area contributed by atoms with E-state index in [9.17, 15) is 4.79 Å². The summed E-state index contributed by atoms with van der Waals surface area (Å²) in [6.45, 7) is 4.09. The lowest BCUT2D eigenvalue weighted by Gasteiger charge is -2.28. The van der Waals surface area contributed by atoms with E-state index in [1.165, 1.54) is 0 Å². The Kier molecular flexibility index (Phi) is 4.97. The highest BCUT2D eigenvalue weighted by Crippen LogP contribution is 2.26. The number of hydrogen-bond donors (Lipinski definition) is 0. The van der Waals surface area contributed by atoms with Gasteiger partial charge in [0.2, 0.25) is 0 Å². The Hall–Kier alpha value is -1.55. The Balaban J connectivity index is 2.86. The van der Waals surface area contributed by atoms with Crippen LogP contribution in [0.4, 0.5) is 4.79 Å². The smallest absolute Gasteiger partial charge is 0.435 e. The Labute approximate surface area is 101 Å². The number of benzene rings is 1. The average molecular weight is 238 g/mol. The molecule has 0 aliphatic rings. The average Bonchev–Trinajstić information content (AvgIpc) is 2.30. The van der Waals surface area contributed by atoms with Crippen LogP contribution >= 0.6 is 0 Å². The maximum Gasteiger partial charge on any atom is 0.509 e. The number of carbonyl (C=O) groups is 1. The fourth-order valence-electron chi connectivity index (χ4n) is 1.57. The molecule has 4 nitrogen and oxygen atoms in total. The van der Waals surface area contributed by atoms with E-state index in [-0.39, 0.29) is 13.2 Å². The van der Waals surface area contributed by atoms with E-state index in [2.05, 4.69) is 0 Å². The first kappa shape index (κ1) is 13.5. The summed E-state index contributed by atoms with van der Waals surface area (Å²) in [6.07, 6.45) is -0.684. The van der Waals surface area contributed by atoms with Crippen LogP contribution in [-0.2, 0) is 19.8 Å². The summed E-state index contributed by atoms with van der Waals surface area (Å²) in [7, 11) is 1.57. The van der Waals surface area contributed by atoms with Gasteiger partial charge in [-0.2, -0.15) is 0 Å². The number of hydrogen-bond acceptors (Lipinski definition) is 4. The molecule has 0 saturated heterocycles. The molecule has 0 radical (unpaired) electrons. The van der Waals surface area contributed by atoms with Crippen LogP contribution in [0.5, 0.6) is 0 Å². The molecule has 94 valence electrons. The molecule has 0 spiro atoms. The minimum absolute atomic E-state index is 0.274. The normalized spacial score (nSPS) is 13.8. The van der Waals surface area contributed by atoms with E-state index in [4.69, 9.17) is 14.2 Å². The van der Waals surface area contributed by atoms with Crippen molar-refractivity contribution in [3.8, 4) is 0 Å². The molecule has 4 heteroatoms. The maximum absolute atomic E-state index is 11.4. The molecule has 17 heavy (non-hydrogen) atoms. The van der Waals surface area contributed by atoms with Crippen LogP contribution in [0, 0.1) is 0 Å². The Bertz CT molecular complexity index is 350. The van der Waals surface area contributed by atoms with Crippen LogP contribution in [0.2, 0.25) is 0 Å². The molecule has 0 heterocycles. The van der Waals surface area contributed by atoms with Crippen LogP contribution in [0.15, 0.2) is 30.3 Å². The van der Waals surface area contributed by atoms with Gasteiger partial charge < -0.3 is 14.2 Å². The molecular formula is C13H18O4. The fourth-order valence-corrected chi connectivity index (χ4v) is 1.57. The third kappa shape index (κ3) is 3.75. The number of ether oxygens (including phenoxy) is 3. The monoisotopic (exact) mass is 238 g/mol. The topological polar surface area (TPSA) is 44.8 Å².